The predicted octanol–water partition coefficient (Wildman–Crippen LogP) is 3.22. The molecule has 10 nitrogen and oxygen atoms in total. The molecule has 0 bridgehead atoms. The second-order valence-electron chi connectivity index (χ2n) is 10.0. The molecule has 0 spiro atoms. The number of anilines is 2. The Bertz CT molecular complexity index is 1110. The van der Waals surface area contributed by atoms with Gasteiger partial charge in [-0.2, -0.15) is 0 Å². The first-order chi connectivity index (χ1) is 18.1. The fraction of sp³-hybridized carbons (Fsp3) is 0.464. The van der Waals surface area contributed by atoms with Crippen molar-refractivity contribution in [2.45, 2.75) is 26.0 Å². The lowest BCUT2D eigenvalue weighted by Gasteiger charge is -2.36. The Morgan fingerprint density at radius 2 is 1.74 bits per heavy atom. The van der Waals surface area contributed by atoms with E-state index in [1.54, 1.807) is 49.4 Å². The van der Waals surface area contributed by atoms with Crippen LogP contribution in [0.25, 0.3) is 0 Å². The summed E-state index contributed by atoms with van der Waals surface area (Å²) < 4.78 is 11.9. The second kappa shape index (κ2) is 13.3. The van der Waals surface area contributed by atoms with Crippen molar-refractivity contribution in [1.82, 2.24) is 14.7 Å². The van der Waals surface area contributed by atoms with Crippen molar-refractivity contribution in [1.29, 1.82) is 0 Å². The minimum absolute atomic E-state index is 0.0116. The molecule has 0 aliphatic carbocycles. The zero-order chi connectivity index (χ0) is 27.8. The molecule has 0 radical (unpaired) electrons. The maximum Gasteiger partial charge on any atom is 0.323 e. The molecule has 4 amide bonds. The van der Waals surface area contributed by atoms with Crippen molar-refractivity contribution >= 4 is 29.2 Å². The number of hydrogen-bond acceptors (Lipinski definition) is 6. The van der Waals surface area contributed by atoms with Crippen LogP contribution in [-0.4, -0.2) is 99.2 Å². The van der Waals surface area contributed by atoms with Gasteiger partial charge in [0, 0.05) is 50.6 Å². The van der Waals surface area contributed by atoms with Crippen LogP contribution in [0.5, 0.6) is 5.75 Å². The lowest BCUT2D eigenvalue weighted by Crippen LogP contribution is -2.50. The van der Waals surface area contributed by atoms with Crippen LogP contribution in [0.15, 0.2) is 48.5 Å². The fourth-order valence-corrected chi connectivity index (χ4v) is 4.37. The number of hydrogen-bond donors (Lipinski definition) is 2. The van der Waals surface area contributed by atoms with E-state index in [4.69, 9.17) is 9.47 Å². The Morgan fingerprint density at radius 1 is 1.05 bits per heavy atom. The zero-order valence-corrected chi connectivity index (χ0v) is 23.1. The molecule has 206 valence electrons. The number of urea groups is 1. The molecule has 3 rings (SSSR count). The summed E-state index contributed by atoms with van der Waals surface area (Å²) in [5.41, 5.74) is 1.49. The van der Waals surface area contributed by atoms with Gasteiger partial charge in [-0.15, -0.1) is 0 Å². The average molecular weight is 526 g/mol. The zero-order valence-electron chi connectivity index (χ0n) is 23.1. The summed E-state index contributed by atoms with van der Waals surface area (Å²) in [6.45, 7) is 5.21. The second-order valence-corrected chi connectivity index (χ2v) is 10.0. The first-order valence-electron chi connectivity index (χ1n) is 12.7. The van der Waals surface area contributed by atoms with Crippen molar-refractivity contribution in [3.63, 3.8) is 0 Å². The van der Waals surface area contributed by atoms with E-state index in [2.05, 4.69) is 10.6 Å². The molecule has 0 saturated heterocycles. The smallest absolute Gasteiger partial charge is 0.323 e. The van der Waals surface area contributed by atoms with Crippen LogP contribution in [0.3, 0.4) is 0 Å². The molecule has 10 heteroatoms. The molecule has 3 atom stereocenters. The monoisotopic (exact) mass is 525 g/mol. The minimum atomic E-state index is -0.418. The van der Waals surface area contributed by atoms with Crippen LogP contribution in [0.4, 0.5) is 16.2 Å². The molecule has 2 aromatic carbocycles. The van der Waals surface area contributed by atoms with E-state index in [1.165, 1.54) is 0 Å². The highest BCUT2D eigenvalue weighted by atomic mass is 16.5. The van der Waals surface area contributed by atoms with E-state index in [-0.39, 0.29) is 43.0 Å². The number of benzene rings is 2. The van der Waals surface area contributed by atoms with Gasteiger partial charge in [0.2, 0.25) is 5.91 Å². The highest BCUT2D eigenvalue weighted by Gasteiger charge is 2.30. The molecule has 2 aromatic rings. The van der Waals surface area contributed by atoms with Crippen LogP contribution in [0.1, 0.15) is 24.2 Å². The Hall–Kier alpha value is -3.63. The van der Waals surface area contributed by atoms with Crippen LogP contribution < -0.4 is 15.4 Å². The quantitative estimate of drug-likeness (QED) is 0.621. The Morgan fingerprint density at radius 3 is 2.39 bits per heavy atom. The van der Waals surface area contributed by atoms with E-state index in [1.807, 2.05) is 55.9 Å². The predicted molar refractivity (Wildman–Crippen MR) is 148 cm³/mol. The summed E-state index contributed by atoms with van der Waals surface area (Å²) in [4.78, 5) is 44.3. The number of likely N-dealkylation sites (N-methyl/N-ethyl adjacent to an activating group) is 2. The molecule has 38 heavy (non-hydrogen) atoms. The summed E-state index contributed by atoms with van der Waals surface area (Å²) >= 11 is 0. The van der Waals surface area contributed by atoms with E-state index >= 15 is 0 Å². The topological polar surface area (TPSA) is 103 Å². The number of rotatable bonds is 5. The van der Waals surface area contributed by atoms with E-state index in [9.17, 15) is 14.4 Å². The summed E-state index contributed by atoms with van der Waals surface area (Å²) in [6, 6.07) is 13.4. The van der Waals surface area contributed by atoms with Crippen molar-refractivity contribution in [3.05, 3.63) is 54.1 Å². The van der Waals surface area contributed by atoms with Gasteiger partial charge in [0.1, 0.15) is 12.4 Å². The maximum atomic E-state index is 13.4. The van der Waals surface area contributed by atoms with Crippen LogP contribution >= 0.6 is 0 Å². The van der Waals surface area contributed by atoms with Gasteiger partial charge >= 0.3 is 6.03 Å². The Labute approximate surface area is 224 Å². The molecular formula is C28H39N5O5. The van der Waals surface area contributed by atoms with Gasteiger partial charge in [-0.1, -0.05) is 25.1 Å². The molecule has 2 N–H and O–H groups in total. The van der Waals surface area contributed by atoms with Crippen LogP contribution in [0.2, 0.25) is 0 Å². The number of fused-ring (bicyclic) bond motifs is 1. The largest absolute Gasteiger partial charge is 0.491 e. The van der Waals surface area contributed by atoms with Crippen molar-refractivity contribution < 1.29 is 23.9 Å². The molecular weight excluding hydrogens is 486 g/mol. The number of carbonyl (C=O) groups is 3. The summed E-state index contributed by atoms with van der Waals surface area (Å²) in [7, 11) is 7.05. The number of ether oxygens (including phenoxy) is 2. The third kappa shape index (κ3) is 7.69. The van der Waals surface area contributed by atoms with E-state index in [0.717, 1.165) is 0 Å². The molecule has 1 aliphatic heterocycles. The van der Waals surface area contributed by atoms with Gasteiger partial charge in [-0.25, -0.2) is 4.79 Å². The van der Waals surface area contributed by atoms with Crippen molar-refractivity contribution in [2.24, 2.45) is 5.92 Å². The van der Waals surface area contributed by atoms with Gasteiger partial charge in [0.25, 0.3) is 5.91 Å². The molecule has 0 fully saturated rings. The van der Waals surface area contributed by atoms with E-state index < -0.39 is 6.03 Å². The number of amides is 4. The number of methoxy groups -OCH3 is 1. The number of nitrogens with one attached hydrogen (secondary N) is 2. The first-order valence-corrected chi connectivity index (χ1v) is 12.7. The van der Waals surface area contributed by atoms with Crippen LogP contribution in [0, 0.1) is 5.92 Å². The molecule has 0 unspecified atom stereocenters. The molecule has 1 aliphatic rings. The van der Waals surface area contributed by atoms with E-state index in [0.29, 0.717) is 35.8 Å². The third-order valence-corrected chi connectivity index (χ3v) is 6.51. The Kier molecular flexibility index (Phi) is 10.1. The maximum absolute atomic E-state index is 13.4. The van der Waals surface area contributed by atoms with Gasteiger partial charge in [-0.05, 0) is 45.3 Å². The normalized spacial score (nSPS) is 20.6. The van der Waals surface area contributed by atoms with Crippen molar-refractivity contribution in [2.75, 3.05) is 65.1 Å². The first kappa shape index (κ1) is 28.9. The van der Waals surface area contributed by atoms with Gasteiger partial charge in [0.05, 0.1) is 24.3 Å². The van der Waals surface area contributed by atoms with Gasteiger partial charge in [-0.3, -0.25) is 9.59 Å². The fourth-order valence-electron chi connectivity index (χ4n) is 4.37. The number of carbonyl (C=O) groups excluding carboxylic acids is 3. The minimum Gasteiger partial charge on any atom is -0.491 e. The molecule has 0 saturated carbocycles. The molecule has 0 aromatic heterocycles. The lowest BCUT2D eigenvalue weighted by molar-refractivity contribution is -0.136. The third-order valence-electron chi connectivity index (χ3n) is 6.51. The highest BCUT2D eigenvalue weighted by molar-refractivity contribution is 6.01. The van der Waals surface area contributed by atoms with Crippen LogP contribution in [-0.2, 0) is 9.53 Å². The highest BCUT2D eigenvalue weighted by Crippen LogP contribution is 2.27. The Balaban J connectivity index is 1.89. The SMILES string of the molecule is CO[C@H]1CN(C)C(=O)c2ccc(NC(=O)Nc3ccccc3)cc2OC[C@H](C)N(C(=O)CN(C)C)C[C@H]1C. The van der Waals surface area contributed by atoms with Gasteiger partial charge in [0.15, 0.2) is 0 Å². The number of nitrogens with zero attached hydrogens (tertiary/aromatic N) is 3. The standard InChI is InChI=1S/C28H39N5O5/c1-19-15-33(26(34)17-31(3)4)20(2)18-38-24-14-22(30-28(36)29-21-10-8-7-9-11-21)12-13-23(24)27(35)32(5)16-25(19)37-6/h7-14,19-20,25H,15-18H2,1-6H3,(H2,29,30,36)/t19-,20+,25+/m1/s1. The summed E-state index contributed by atoms with van der Waals surface area (Å²) in [5, 5.41) is 5.56. The van der Waals surface area contributed by atoms with Gasteiger partial charge < -0.3 is 34.8 Å². The van der Waals surface area contributed by atoms with Crippen molar-refractivity contribution in [3.8, 4) is 5.75 Å². The summed E-state index contributed by atoms with van der Waals surface area (Å²) in [6.07, 6.45) is -0.266. The summed E-state index contributed by atoms with van der Waals surface area (Å²) in [5.74, 6) is 0.0806. The number of para-hydroxylation sites is 1. The average Bonchev–Trinajstić information content (AvgIpc) is 2.87. The lowest BCUT2D eigenvalue weighted by atomic mass is 10.0. The molecule has 1 heterocycles.